The first kappa shape index (κ1) is 17.0. The topological polar surface area (TPSA) is 67.4 Å². The van der Waals surface area contributed by atoms with Gasteiger partial charge in [-0.2, -0.15) is 0 Å². The number of ether oxygens (including phenoxy) is 1. The molecule has 1 aliphatic rings. The summed E-state index contributed by atoms with van der Waals surface area (Å²) in [6.07, 6.45) is 1.40. The number of hydrogen-bond donors (Lipinski definition) is 2. The Bertz CT molecular complexity index is 562. The van der Waals surface area contributed by atoms with Gasteiger partial charge < -0.3 is 15.4 Å². The Balaban J connectivity index is 1.78. The molecule has 0 bridgehead atoms. The van der Waals surface area contributed by atoms with Crippen molar-refractivity contribution in [3.05, 3.63) is 28.2 Å². The second-order valence-corrected chi connectivity index (χ2v) is 6.39. The van der Waals surface area contributed by atoms with Gasteiger partial charge in [0.15, 0.2) is 0 Å². The lowest BCUT2D eigenvalue weighted by atomic mass is 10.2. The van der Waals surface area contributed by atoms with Crippen molar-refractivity contribution in [2.75, 3.05) is 25.6 Å². The van der Waals surface area contributed by atoms with Crippen molar-refractivity contribution in [1.82, 2.24) is 5.32 Å². The van der Waals surface area contributed by atoms with Gasteiger partial charge in [-0.3, -0.25) is 9.59 Å². The summed E-state index contributed by atoms with van der Waals surface area (Å²) < 4.78 is 5.88. The molecule has 0 saturated heterocycles. The van der Waals surface area contributed by atoms with E-state index < -0.39 is 0 Å². The molecule has 1 fully saturated rings. The SMILES string of the molecule is COCCCNC(=O)C1CC1C(=O)Nc1ccc(C)c(Br)c1. The van der Waals surface area contributed by atoms with Crippen LogP contribution in [0, 0.1) is 18.8 Å². The molecular formula is C16H21BrN2O3. The van der Waals surface area contributed by atoms with Crippen LogP contribution in [0.5, 0.6) is 0 Å². The van der Waals surface area contributed by atoms with Crippen LogP contribution in [-0.4, -0.2) is 32.1 Å². The zero-order valence-electron chi connectivity index (χ0n) is 12.8. The fraction of sp³-hybridized carbons (Fsp3) is 0.500. The van der Waals surface area contributed by atoms with Gasteiger partial charge in [-0.25, -0.2) is 0 Å². The zero-order chi connectivity index (χ0) is 16.1. The summed E-state index contributed by atoms with van der Waals surface area (Å²) in [6, 6.07) is 5.67. The summed E-state index contributed by atoms with van der Waals surface area (Å²) in [6.45, 7) is 3.19. The van der Waals surface area contributed by atoms with Crippen molar-refractivity contribution in [2.45, 2.75) is 19.8 Å². The first-order valence-electron chi connectivity index (χ1n) is 7.36. The second kappa shape index (κ2) is 7.74. The Morgan fingerprint density at radius 3 is 2.73 bits per heavy atom. The van der Waals surface area contributed by atoms with Crippen molar-refractivity contribution in [2.24, 2.45) is 11.8 Å². The Hall–Kier alpha value is -1.40. The van der Waals surface area contributed by atoms with Crippen LogP contribution in [0.1, 0.15) is 18.4 Å². The van der Waals surface area contributed by atoms with E-state index in [9.17, 15) is 9.59 Å². The van der Waals surface area contributed by atoms with E-state index in [-0.39, 0.29) is 23.7 Å². The maximum Gasteiger partial charge on any atom is 0.228 e. The van der Waals surface area contributed by atoms with Crippen molar-refractivity contribution >= 4 is 33.4 Å². The average molecular weight is 369 g/mol. The number of carbonyl (C=O) groups excluding carboxylic acids is 2. The summed E-state index contributed by atoms with van der Waals surface area (Å²) in [7, 11) is 1.63. The quantitative estimate of drug-likeness (QED) is 0.726. The molecule has 0 radical (unpaired) electrons. The van der Waals surface area contributed by atoms with Crippen LogP contribution in [0.4, 0.5) is 5.69 Å². The molecule has 5 nitrogen and oxygen atoms in total. The molecule has 1 aliphatic carbocycles. The van der Waals surface area contributed by atoms with Gasteiger partial charge in [0.1, 0.15) is 0 Å². The lowest BCUT2D eigenvalue weighted by Crippen LogP contribution is -2.28. The Kier molecular flexibility index (Phi) is 5.97. The van der Waals surface area contributed by atoms with Crippen molar-refractivity contribution in [1.29, 1.82) is 0 Å². The number of carbonyl (C=O) groups is 2. The largest absolute Gasteiger partial charge is 0.385 e. The van der Waals surface area contributed by atoms with E-state index in [1.54, 1.807) is 7.11 Å². The van der Waals surface area contributed by atoms with Gasteiger partial charge in [0.05, 0.1) is 11.8 Å². The number of nitrogens with one attached hydrogen (secondary N) is 2. The molecule has 1 saturated carbocycles. The Labute approximate surface area is 138 Å². The minimum atomic E-state index is -0.220. The van der Waals surface area contributed by atoms with Crippen LogP contribution in [0.2, 0.25) is 0 Å². The summed E-state index contributed by atoms with van der Waals surface area (Å²) in [5.74, 6) is -0.548. The monoisotopic (exact) mass is 368 g/mol. The highest BCUT2D eigenvalue weighted by Crippen LogP contribution is 2.39. The predicted octanol–water partition coefficient (Wildman–Crippen LogP) is 2.48. The maximum absolute atomic E-state index is 12.1. The molecule has 6 heteroatoms. The number of anilines is 1. The predicted molar refractivity (Wildman–Crippen MR) is 88.6 cm³/mol. The smallest absolute Gasteiger partial charge is 0.228 e. The average Bonchev–Trinajstić information content (AvgIpc) is 3.28. The van der Waals surface area contributed by atoms with Gasteiger partial charge >= 0.3 is 0 Å². The first-order chi connectivity index (χ1) is 10.5. The molecule has 2 N–H and O–H groups in total. The van der Waals surface area contributed by atoms with E-state index >= 15 is 0 Å². The van der Waals surface area contributed by atoms with Gasteiger partial charge in [0, 0.05) is 30.4 Å². The van der Waals surface area contributed by atoms with E-state index in [1.165, 1.54) is 0 Å². The zero-order valence-corrected chi connectivity index (χ0v) is 14.4. The molecule has 22 heavy (non-hydrogen) atoms. The number of hydrogen-bond acceptors (Lipinski definition) is 3. The third-order valence-electron chi connectivity index (χ3n) is 3.73. The summed E-state index contributed by atoms with van der Waals surface area (Å²) >= 11 is 3.44. The van der Waals surface area contributed by atoms with Crippen LogP contribution in [0.3, 0.4) is 0 Å². The summed E-state index contributed by atoms with van der Waals surface area (Å²) in [5, 5.41) is 5.70. The maximum atomic E-state index is 12.1. The molecule has 2 atom stereocenters. The van der Waals surface area contributed by atoms with Gasteiger partial charge in [-0.15, -0.1) is 0 Å². The molecule has 0 spiro atoms. The molecule has 120 valence electrons. The molecule has 2 rings (SSSR count). The van der Waals surface area contributed by atoms with Crippen LogP contribution in [0.25, 0.3) is 0 Å². The summed E-state index contributed by atoms with van der Waals surface area (Å²) in [5.41, 5.74) is 1.85. The minimum absolute atomic E-state index is 0.0404. The van der Waals surface area contributed by atoms with Gasteiger partial charge in [-0.05, 0) is 37.5 Å². The lowest BCUT2D eigenvalue weighted by Gasteiger charge is -2.07. The second-order valence-electron chi connectivity index (χ2n) is 5.54. The van der Waals surface area contributed by atoms with E-state index in [0.717, 1.165) is 22.1 Å². The van der Waals surface area contributed by atoms with Gasteiger partial charge in [-0.1, -0.05) is 22.0 Å². The number of halogens is 1. The first-order valence-corrected chi connectivity index (χ1v) is 8.16. The van der Waals surface area contributed by atoms with Crippen LogP contribution >= 0.6 is 15.9 Å². The molecule has 2 unspecified atom stereocenters. The Morgan fingerprint density at radius 2 is 2.05 bits per heavy atom. The van der Waals surface area contributed by atoms with Gasteiger partial charge in [0.2, 0.25) is 11.8 Å². The van der Waals surface area contributed by atoms with Crippen molar-refractivity contribution < 1.29 is 14.3 Å². The standard InChI is InChI=1S/C16H21BrN2O3/c1-10-4-5-11(8-14(10)17)19-16(21)13-9-12(13)15(20)18-6-3-7-22-2/h4-5,8,12-13H,3,6-7,9H2,1-2H3,(H,18,20)(H,19,21). The van der Waals surface area contributed by atoms with Crippen LogP contribution < -0.4 is 10.6 Å². The highest BCUT2D eigenvalue weighted by atomic mass is 79.9. The van der Waals surface area contributed by atoms with Crippen molar-refractivity contribution in [3.63, 3.8) is 0 Å². The fourth-order valence-corrected chi connectivity index (χ4v) is 2.62. The van der Waals surface area contributed by atoms with Crippen molar-refractivity contribution in [3.8, 4) is 0 Å². The number of amides is 2. The van der Waals surface area contributed by atoms with Crippen LogP contribution in [-0.2, 0) is 14.3 Å². The molecule has 0 aromatic heterocycles. The van der Waals surface area contributed by atoms with E-state index in [2.05, 4.69) is 26.6 Å². The molecular weight excluding hydrogens is 348 g/mol. The molecule has 0 heterocycles. The normalized spacial score (nSPS) is 19.6. The Morgan fingerprint density at radius 1 is 1.32 bits per heavy atom. The van der Waals surface area contributed by atoms with Crippen LogP contribution in [0.15, 0.2) is 22.7 Å². The third kappa shape index (κ3) is 4.55. The fourth-order valence-electron chi connectivity index (χ4n) is 2.24. The highest BCUT2D eigenvalue weighted by molar-refractivity contribution is 9.10. The number of methoxy groups -OCH3 is 1. The summed E-state index contributed by atoms with van der Waals surface area (Å²) in [4.78, 5) is 24.0. The molecule has 1 aromatic carbocycles. The van der Waals surface area contributed by atoms with Gasteiger partial charge in [0.25, 0.3) is 0 Å². The molecule has 1 aromatic rings. The number of aryl methyl sites for hydroxylation is 1. The molecule has 0 aliphatic heterocycles. The number of benzene rings is 1. The lowest BCUT2D eigenvalue weighted by molar-refractivity contribution is -0.125. The molecule has 2 amide bonds. The van der Waals surface area contributed by atoms with E-state index in [1.807, 2.05) is 25.1 Å². The minimum Gasteiger partial charge on any atom is -0.385 e. The van der Waals surface area contributed by atoms with E-state index in [4.69, 9.17) is 4.74 Å². The number of rotatable bonds is 7. The van der Waals surface area contributed by atoms with E-state index in [0.29, 0.717) is 19.6 Å². The highest BCUT2D eigenvalue weighted by Gasteiger charge is 2.47. The third-order valence-corrected chi connectivity index (χ3v) is 4.58.